The highest BCUT2D eigenvalue weighted by molar-refractivity contribution is 7.11. The molecule has 84 valence electrons. The van der Waals surface area contributed by atoms with Gasteiger partial charge in [0, 0.05) is 23.5 Å². The molecule has 5 heteroatoms. The Bertz CT molecular complexity index is 470. The maximum atomic E-state index is 5.98. The van der Waals surface area contributed by atoms with Gasteiger partial charge in [0.25, 0.3) is 0 Å². The van der Waals surface area contributed by atoms with Crippen molar-refractivity contribution in [1.82, 2.24) is 9.97 Å². The lowest BCUT2D eigenvalue weighted by Gasteiger charge is -2.04. The topological polar surface area (TPSA) is 37.8 Å². The van der Waals surface area contributed by atoms with Crippen LogP contribution in [0.5, 0.6) is 0 Å². The van der Waals surface area contributed by atoms with Crippen molar-refractivity contribution in [3.05, 3.63) is 39.6 Å². The zero-order valence-electron chi connectivity index (χ0n) is 8.90. The van der Waals surface area contributed by atoms with Crippen LogP contribution in [0.15, 0.2) is 24.7 Å². The van der Waals surface area contributed by atoms with Gasteiger partial charge in [-0.1, -0.05) is 18.5 Å². The van der Waals surface area contributed by atoms with E-state index in [1.54, 1.807) is 23.7 Å². The number of thiazole rings is 1. The van der Waals surface area contributed by atoms with Gasteiger partial charge in [-0.2, -0.15) is 0 Å². The molecule has 0 aromatic carbocycles. The van der Waals surface area contributed by atoms with E-state index in [0.29, 0.717) is 11.6 Å². The van der Waals surface area contributed by atoms with E-state index in [0.717, 1.165) is 17.1 Å². The number of rotatable bonds is 4. The predicted molar refractivity (Wildman–Crippen MR) is 68.1 cm³/mol. The molecule has 0 aliphatic rings. The maximum absolute atomic E-state index is 5.98. The number of halogens is 1. The van der Waals surface area contributed by atoms with Crippen molar-refractivity contribution in [3.63, 3.8) is 0 Å². The number of hydrogen-bond acceptors (Lipinski definition) is 4. The minimum absolute atomic E-state index is 0.634. The van der Waals surface area contributed by atoms with Crippen LogP contribution in [0, 0.1) is 0 Å². The number of anilines is 1. The Morgan fingerprint density at radius 1 is 1.44 bits per heavy atom. The van der Waals surface area contributed by atoms with E-state index in [4.69, 9.17) is 11.6 Å². The SMILES string of the molecule is CCc1cnc(CNc2ccncc2Cl)s1. The summed E-state index contributed by atoms with van der Waals surface area (Å²) < 4.78 is 0. The first-order valence-corrected chi connectivity index (χ1v) is 6.26. The molecule has 0 aliphatic heterocycles. The summed E-state index contributed by atoms with van der Waals surface area (Å²) in [5.41, 5.74) is 0.893. The summed E-state index contributed by atoms with van der Waals surface area (Å²) in [6, 6.07) is 1.86. The van der Waals surface area contributed by atoms with Gasteiger partial charge in [-0.3, -0.25) is 4.98 Å². The number of aryl methyl sites for hydroxylation is 1. The average Bonchev–Trinajstić information content (AvgIpc) is 2.76. The minimum Gasteiger partial charge on any atom is -0.377 e. The van der Waals surface area contributed by atoms with E-state index in [1.165, 1.54) is 4.88 Å². The number of aromatic nitrogens is 2. The molecule has 1 N–H and O–H groups in total. The Morgan fingerprint density at radius 3 is 3.00 bits per heavy atom. The highest BCUT2D eigenvalue weighted by atomic mass is 35.5. The summed E-state index contributed by atoms with van der Waals surface area (Å²) in [4.78, 5) is 9.56. The number of nitrogens with one attached hydrogen (secondary N) is 1. The monoisotopic (exact) mass is 253 g/mol. The Labute approximate surface area is 104 Å². The first kappa shape index (κ1) is 11.4. The largest absolute Gasteiger partial charge is 0.377 e. The van der Waals surface area contributed by atoms with E-state index >= 15 is 0 Å². The highest BCUT2D eigenvalue weighted by Gasteiger charge is 2.02. The molecule has 2 aromatic rings. The van der Waals surface area contributed by atoms with Crippen molar-refractivity contribution >= 4 is 28.6 Å². The molecule has 0 radical (unpaired) electrons. The lowest BCUT2D eigenvalue weighted by Crippen LogP contribution is -1.99. The molecular weight excluding hydrogens is 242 g/mol. The maximum Gasteiger partial charge on any atom is 0.112 e. The van der Waals surface area contributed by atoms with Crippen molar-refractivity contribution in [3.8, 4) is 0 Å². The van der Waals surface area contributed by atoms with Gasteiger partial charge in [-0.25, -0.2) is 4.98 Å². The van der Waals surface area contributed by atoms with Crippen molar-refractivity contribution in [1.29, 1.82) is 0 Å². The van der Waals surface area contributed by atoms with Crippen molar-refractivity contribution in [2.75, 3.05) is 5.32 Å². The van der Waals surface area contributed by atoms with Crippen LogP contribution in [-0.4, -0.2) is 9.97 Å². The first-order chi connectivity index (χ1) is 7.79. The van der Waals surface area contributed by atoms with Gasteiger partial charge in [-0.15, -0.1) is 11.3 Å². The van der Waals surface area contributed by atoms with E-state index < -0.39 is 0 Å². The second-order valence-electron chi connectivity index (χ2n) is 3.28. The Hall–Kier alpha value is -1.13. The zero-order valence-corrected chi connectivity index (χ0v) is 10.5. The van der Waals surface area contributed by atoms with Crippen LogP contribution >= 0.6 is 22.9 Å². The molecule has 2 heterocycles. The highest BCUT2D eigenvalue weighted by Crippen LogP contribution is 2.21. The molecule has 2 rings (SSSR count). The van der Waals surface area contributed by atoms with Gasteiger partial charge < -0.3 is 5.32 Å². The molecule has 2 aromatic heterocycles. The van der Waals surface area contributed by atoms with Gasteiger partial charge in [0.05, 0.1) is 17.3 Å². The summed E-state index contributed by atoms with van der Waals surface area (Å²) in [5.74, 6) is 0. The van der Waals surface area contributed by atoms with Crippen LogP contribution in [0.25, 0.3) is 0 Å². The molecule has 16 heavy (non-hydrogen) atoms. The second-order valence-corrected chi connectivity index (χ2v) is 4.89. The lowest BCUT2D eigenvalue weighted by molar-refractivity contribution is 1.09. The fourth-order valence-corrected chi connectivity index (χ4v) is 2.27. The van der Waals surface area contributed by atoms with Crippen molar-refractivity contribution in [2.45, 2.75) is 19.9 Å². The molecule has 0 amide bonds. The normalized spacial score (nSPS) is 10.4. The summed E-state index contributed by atoms with van der Waals surface area (Å²) in [6.45, 7) is 2.83. The molecule has 0 bridgehead atoms. The Kier molecular flexibility index (Phi) is 3.74. The van der Waals surface area contributed by atoms with Crippen LogP contribution in [0.4, 0.5) is 5.69 Å². The van der Waals surface area contributed by atoms with E-state index in [-0.39, 0.29) is 0 Å². The van der Waals surface area contributed by atoms with Gasteiger partial charge in [-0.05, 0) is 12.5 Å². The fourth-order valence-electron chi connectivity index (χ4n) is 1.28. The molecule has 0 fully saturated rings. The molecular formula is C11H12ClN3S. The number of pyridine rings is 1. The van der Waals surface area contributed by atoms with Crippen LogP contribution < -0.4 is 5.32 Å². The van der Waals surface area contributed by atoms with Crippen LogP contribution in [-0.2, 0) is 13.0 Å². The fraction of sp³-hybridized carbons (Fsp3) is 0.273. The molecule has 0 saturated carbocycles. The number of hydrogen-bond donors (Lipinski definition) is 1. The number of nitrogens with zero attached hydrogens (tertiary/aromatic N) is 2. The quantitative estimate of drug-likeness (QED) is 0.908. The summed E-state index contributed by atoms with van der Waals surface area (Å²) in [7, 11) is 0. The Morgan fingerprint density at radius 2 is 2.31 bits per heavy atom. The molecule has 0 unspecified atom stereocenters. The standard InChI is InChI=1S/C11H12ClN3S/c1-2-8-5-15-11(16-8)7-14-10-3-4-13-6-9(10)12/h3-6H,2,7H2,1H3,(H,13,14). The van der Waals surface area contributed by atoms with Gasteiger partial charge in [0.1, 0.15) is 5.01 Å². The third-order valence-corrected chi connectivity index (χ3v) is 3.60. The summed E-state index contributed by atoms with van der Waals surface area (Å²) in [6.07, 6.45) is 6.31. The van der Waals surface area contributed by atoms with Crippen LogP contribution in [0.2, 0.25) is 5.02 Å². The third-order valence-electron chi connectivity index (χ3n) is 2.15. The van der Waals surface area contributed by atoms with Crippen LogP contribution in [0.3, 0.4) is 0 Å². The second kappa shape index (κ2) is 5.27. The van der Waals surface area contributed by atoms with E-state index in [1.807, 2.05) is 12.3 Å². The van der Waals surface area contributed by atoms with Gasteiger partial charge >= 0.3 is 0 Å². The summed E-state index contributed by atoms with van der Waals surface area (Å²) >= 11 is 7.71. The Balaban J connectivity index is 1.99. The van der Waals surface area contributed by atoms with Crippen molar-refractivity contribution in [2.24, 2.45) is 0 Å². The lowest BCUT2D eigenvalue weighted by atomic mass is 10.4. The van der Waals surface area contributed by atoms with Crippen LogP contribution in [0.1, 0.15) is 16.8 Å². The molecule has 0 aliphatic carbocycles. The molecule has 0 saturated heterocycles. The predicted octanol–water partition coefficient (Wildman–Crippen LogP) is 3.37. The third kappa shape index (κ3) is 2.71. The van der Waals surface area contributed by atoms with Gasteiger partial charge in [0.15, 0.2) is 0 Å². The molecule has 3 nitrogen and oxygen atoms in total. The average molecular weight is 254 g/mol. The zero-order chi connectivity index (χ0) is 11.4. The van der Waals surface area contributed by atoms with E-state index in [2.05, 4.69) is 22.2 Å². The summed E-state index contributed by atoms with van der Waals surface area (Å²) in [5, 5.41) is 4.95. The van der Waals surface area contributed by atoms with Crippen molar-refractivity contribution < 1.29 is 0 Å². The van der Waals surface area contributed by atoms with E-state index in [9.17, 15) is 0 Å². The van der Waals surface area contributed by atoms with Gasteiger partial charge in [0.2, 0.25) is 0 Å². The first-order valence-electron chi connectivity index (χ1n) is 5.06. The molecule has 0 atom stereocenters. The minimum atomic E-state index is 0.634. The smallest absolute Gasteiger partial charge is 0.112 e. The molecule has 0 spiro atoms.